The first-order chi connectivity index (χ1) is 25.6. The Bertz CT molecular complexity index is 791. The Morgan fingerprint density at radius 2 is 0.808 bits per heavy atom. The van der Waals surface area contributed by atoms with Crippen molar-refractivity contribution in [1.29, 1.82) is 0 Å². The second-order valence-electron chi connectivity index (χ2n) is 15.3. The maximum Gasteiger partial charge on any atom is 0.306 e. The molecule has 5 nitrogen and oxygen atoms in total. The van der Waals surface area contributed by atoms with Crippen molar-refractivity contribution in [3.63, 3.8) is 0 Å². The van der Waals surface area contributed by atoms with Gasteiger partial charge < -0.3 is 14.2 Å². The SMILES string of the molecule is CCCCC/C=C\C/C=C\CCCCCCCCOCC(COC(=O)CCCCCCCCCCCCC)OC(=O)CCCCCCCCCCC. The van der Waals surface area contributed by atoms with Crippen LogP contribution in [0.1, 0.15) is 239 Å². The van der Waals surface area contributed by atoms with E-state index >= 15 is 0 Å². The minimum Gasteiger partial charge on any atom is -0.462 e. The van der Waals surface area contributed by atoms with Crippen molar-refractivity contribution in [3.8, 4) is 0 Å². The van der Waals surface area contributed by atoms with Crippen LogP contribution in [0.2, 0.25) is 0 Å². The summed E-state index contributed by atoms with van der Waals surface area (Å²) in [5.41, 5.74) is 0. The highest BCUT2D eigenvalue weighted by molar-refractivity contribution is 5.70. The summed E-state index contributed by atoms with van der Waals surface area (Å²) >= 11 is 0. The van der Waals surface area contributed by atoms with Gasteiger partial charge in [0.15, 0.2) is 6.10 Å². The zero-order valence-electron chi connectivity index (χ0n) is 35.1. The van der Waals surface area contributed by atoms with Gasteiger partial charge >= 0.3 is 11.9 Å². The third kappa shape index (κ3) is 41.1. The molecule has 0 aromatic carbocycles. The normalized spacial score (nSPS) is 12.3. The smallest absolute Gasteiger partial charge is 0.306 e. The molecule has 0 heterocycles. The Morgan fingerprint density at radius 3 is 1.31 bits per heavy atom. The highest BCUT2D eigenvalue weighted by atomic mass is 16.6. The molecule has 52 heavy (non-hydrogen) atoms. The molecule has 0 aromatic heterocycles. The second-order valence-corrected chi connectivity index (χ2v) is 15.3. The average molecular weight is 733 g/mol. The molecule has 0 amide bonds. The van der Waals surface area contributed by atoms with E-state index < -0.39 is 6.10 Å². The maximum absolute atomic E-state index is 12.7. The van der Waals surface area contributed by atoms with Gasteiger partial charge in [-0.25, -0.2) is 0 Å². The summed E-state index contributed by atoms with van der Waals surface area (Å²) in [5, 5.41) is 0. The van der Waals surface area contributed by atoms with E-state index in [1.807, 2.05) is 0 Å². The molecule has 1 unspecified atom stereocenters. The Morgan fingerprint density at radius 1 is 0.423 bits per heavy atom. The highest BCUT2D eigenvalue weighted by Gasteiger charge is 2.17. The predicted octanol–water partition coefficient (Wildman–Crippen LogP) is 14.9. The number of ether oxygens (including phenoxy) is 3. The molecular formula is C47H88O5. The number of unbranched alkanes of at least 4 members (excludes halogenated alkanes) is 27. The first-order valence-corrected chi connectivity index (χ1v) is 22.9. The Balaban J connectivity index is 4.20. The Hall–Kier alpha value is -1.62. The van der Waals surface area contributed by atoms with Crippen molar-refractivity contribution in [1.82, 2.24) is 0 Å². The van der Waals surface area contributed by atoms with Crippen LogP contribution >= 0.6 is 0 Å². The lowest BCUT2D eigenvalue weighted by atomic mass is 10.1. The van der Waals surface area contributed by atoms with Crippen molar-refractivity contribution < 1.29 is 23.8 Å². The Labute approximate surface area is 324 Å². The summed E-state index contributed by atoms with van der Waals surface area (Å²) < 4.78 is 17.3. The van der Waals surface area contributed by atoms with Crippen LogP contribution in [0, 0.1) is 0 Å². The van der Waals surface area contributed by atoms with Crippen LogP contribution in [0.15, 0.2) is 24.3 Å². The van der Waals surface area contributed by atoms with Gasteiger partial charge in [-0.1, -0.05) is 199 Å². The molecule has 1 atom stereocenters. The van der Waals surface area contributed by atoms with Crippen molar-refractivity contribution in [3.05, 3.63) is 24.3 Å². The minimum atomic E-state index is -0.531. The highest BCUT2D eigenvalue weighted by Crippen LogP contribution is 2.14. The number of hydrogen-bond acceptors (Lipinski definition) is 5. The van der Waals surface area contributed by atoms with Gasteiger partial charge in [-0.05, 0) is 51.4 Å². The van der Waals surface area contributed by atoms with E-state index in [4.69, 9.17) is 14.2 Å². The van der Waals surface area contributed by atoms with Crippen molar-refractivity contribution in [2.45, 2.75) is 245 Å². The van der Waals surface area contributed by atoms with Gasteiger partial charge in [-0.15, -0.1) is 0 Å². The summed E-state index contributed by atoms with van der Waals surface area (Å²) in [5.74, 6) is -0.396. The minimum absolute atomic E-state index is 0.0874. The van der Waals surface area contributed by atoms with Crippen molar-refractivity contribution in [2.75, 3.05) is 19.8 Å². The molecule has 0 radical (unpaired) electrons. The summed E-state index contributed by atoms with van der Waals surface area (Å²) in [7, 11) is 0. The molecule has 0 fully saturated rings. The molecule has 0 aliphatic carbocycles. The first-order valence-electron chi connectivity index (χ1n) is 22.9. The molecule has 0 rings (SSSR count). The Kier molecular flexibility index (Phi) is 42.4. The van der Waals surface area contributed by atoms with E-state index in [9.17, 15) is 9.59 Å². The third-order valence-electron chi connectivity index (χ3n) is 9.99. The van der Waals surface area contributed by atoms with Gasteiger partial charge in [-0.3, -0.25) is 9.59 Å². The topological polar surface area (TPSA) is 61.8 Å². The van der Waals surface area contributed by atoms with Crippen LogP contribution in [0.3, 0.4) is 0 Å². The van der Waals surface area contributed by atoms with E-state index in [-0.39, 0.29) is 25.2 Å². The number of hydrogen-bond donors (Lipinski definition) is 0. The summed E-state index contributed by atoms with van der Waals surface area (Å²) in [4.78, 5) is 25.1. The number of esters is 2. The lowest BCUT2D eigenvalue weighted by Crippen LogP contribution is -2.30. The number of rotatable bonds is 42. The van der Waals surface area contributed by atoms with Crippen molar-refractivity contribution in [2.24, 2.45) is 0 Å². The second kappa shape index (κ2) is 43.8. The molecular weight excluding hydrogens is 645 g/mol. The van der Waals surface area contributed by atoms with E-state index in [1.54, 1.807) is 0 Å². The molecule has 0 spiro atoms. The lowest BCUT2D eigenvalue weighted by Gasteiger charge is -2.18. The average Bonchev–Trinajstić information content (AvgIpc) is 3.14. The predicted molar refractivity (Wildman–Crippen MR) is 224 cm³/mol. The quantitative estimate of drug-likeness (QED) is 0.0355. The number of allylic oxidation sites excluding steroid dienone is 4. The van der Waals surface area contributed by atoms with Crippen LogP contribution in [-0.2, 0) is 23.8 Å². The first kappa shape index (κ1) is 50.4. The van der Waals surface area contributed by atoms with Gasteiger partial charge in [0, 0.05) is 19.4 Å². The number of carbonyl (C=O) groups is 2. The third-order valence-corrected chi connectivity index (χ3v) is 9.99. The van der Waals surface area contributed by atoms with Gasteiger partial charge in [0.05, 0.1) is 6.61 Å². The molecule has 306 valence electrons. The van der Waals surface area contributed by atoms with Crippen LogP contribution in [0.4, 0.5) is 0 Å². The fourth-order valence-corrected chi connectivity index (χ4v) is 6.54. The molecule has 0 saturated carbocycles. The molecule has 0 aromatic rings. The summed E-state index contributed by atoms with van der Waals surface area (Å²) in [6.07, 6.45) is 48.9. The zero-order valence-corrected chi connectivity index (χ0v) is 35.1. The van der Waals surface area contributed by atoms with Crippen LogP contribution < -0.4 is 0 Å². The number of carbonyl (C=O) groups excluding carboxylic acids is 2. The molecule has 0 saturated heterocycles. The van der Waals surface area contributed by atoms with Gasteiger partial charge in [0.25, 0.3) is 0 Å². The van der Waals surface area contributed by atoms with E-state index in [0.717, 1.165) is 44.9 Å². The molecule has 5 heteroatoms. The molecule has 0 aliphatic rings. The fourth-order valence-electron chi connectivity index (χ4n) is 6.54. The van der Waals surface area contributed by atoms with Crippen molar-refractivity contribution >= 4 is 11.9 Å². The lowest BCUT2D eigenvalue weighted by molar-refractivity contribution is -0.163. The van der Waals surface area contributed by atoms with Crippen LogP contribution in [-0.4, -0.2) is 37.9 Å². The van der Waals surface area contributed by atoms with Gasteiger partial charge in [-0.2, -0.15) is 0 Å². The monoisotopic (exact) mass is 733 g/mol. The molecule has 0 aliphatic heterocycles. The van der Waals surface area contributed by atoms with Crippen LogP contribution in [0.25, 0.3) is 0 Å². The standard InChI is InChI=1S/C47H88O5/c1-4-7-10-13-16-19-21-22-23-24-25-27-30-33-36-39-42-50-43-45(52-47(49)41-38-35-32-28-18-15-12-9-6-3)44-51-46(48)40-37-34-31-29-26-20-17-14-11-8-5-2/h16,19,22-23,45H,4-15,17-18,20-21,24-44H2,1-3H3/b19-16-,23-22-. The van der Waals surface area contributed by atoms with E-state index in [2.05, 4.69) is 45.1 Å². The largest absolute Gasteiger partial charge is 0.462 e. The summed E-state index contributed by atoms with van der Waals surface area (Å²) in [6, 6.07) is 0. The molecule has 0 N–H and O–H groups in total. The van der Waals surface area contributed by atoms with Gasteiger partial charge in [0.1, 0.15) is 6.61 Å². The fraction of sp³-hybridized carbons (Fsp3) is 0.872. The maximum atomic E-state index is 12.7. The van der Waals surface area contributed by atoms with Crippen LogP contribution in [0.5, 0.6) is 0 Å². The van der Waals surface area contributed by atoms with Gasteiger partial charge in [0.2, 0.25) is 0 Å². The zero-order chi connectivity index (χ0) is 37.8. The summed E-state index contributed by atoms with van der Waals surface area (Å²) in [6.45, 7) is 7.78. The molecule has 0 bridgehead atoms. The van der Waals surface area contributed by atoms with E-state index in [1.165, 1.54) is 161 Å². The van der Waals surface area contributed by atoms with E-state index in [0.29, 0.717) is 19.4 Å².